The Morgan fingerprint density at radius 1 is 1.24 bits per heavy atom. The van der Waals surface area contributed by atoms with Crippen LogP contribution in [0.4, 0.5) is 6.01 Å². The number of ether oxygens (including phenoxy) is 1. The number of methoxy groups -OCH3 is 1. The summed E-state index contributed by atoms with van der Waals surface area (Å²) >= 11 is 1.24. The van der Waals surface area contributed by atoms with Crippen molar-refractivity contribution in [1.82, 2.24) is 10.3 Å². The summed E-state index contributed by atoms with van der Waals surface area (Å²) in [6.45, 7) is 0. The van der Waals surface area contributed by atoms with Crippen LogP contribution < -0.4 is 10.1 Å². The molecule has 6 nitrogen and oxygen atoms in total. The van der Waals surface area contributed by atoms with E-state index >= 15 is 0 Å². The van der Waals surface area contributed by atoms with Crippen molar-refractivity contribution in [2.45, 2.75) is 0 Å². The number of carbonyl (C=O) groups excluding carboxylic acids is 1. The van der Waals surface area contributed by atoms with Crippen LogP contribution in [0, 0.1) is 0 Å². The van der Waals surface area contributed by atoms with E-state index in [1.165, 1.54) is 11.8 Å². The molecule has 0 unspecified atom stereocenters. The Labute approximate surface area is 147 Å². The predicted octanol–water partition coefficient (Wildman–Crippen LogP) is 3.73. The maximum absolute atomic E-state index is 12.1. The summed E-state index contributed by atoms with van der Waals surface area (Å²) in [4.78, 5) is 21.2. The third kappa shape index (κ3) is 3.27. The van der Waals surface area contributed by atoms with Gasteiger partial charge >= 0.3 is 6.01 Å². The number of fused-ring (bicyclic) bond motifs is 1. The molecule has 2 aromatic carbocycles. The number of nitrogens with one attached hydrogen (secondary N) is 1. The van der Waals surface area contributed by atoms with E-state index in [2.05, 4.69) is 15.3 Å². The molecule has 1 N–H and O–H groups in total. The highest BCUT2D eigenvalue weighted by Crippen LogP contribution is 2.29. The smallest absolute Gasteiger partial charge is 0.325 e. The molecule has 0 atom stereocenters. The summed E-state index contributed by atoms with van der Waals surface area (Å²) in [5.74, 6) is 0.529. The van der Waals surface area contributed by atoms with Crippen LogP contribution in [0.15, 0.2) is 62.8 Å². The largest absolute Gasteiger partial charge is 0.497 e. The zero-order chi connectivity index (χ0) is 17.2. The first-order valence-corrected chi connectivity index (χ1v) is 8.32. The van der Waals surface area contributed by atoms with Gasteiger partial charge in [-0.15, -0.1) is 0 Å². The number of carbonyl (C=O) groups is 1. The topological polar surface area (TPSA) is 76.7 Å². The summed E-state index contributed by atoms with van der Waals surface area (Å²) in [6, 6.07) is 15.1. The Bertz CT molecular complexity index is 990. The van der Waals surface area contributed by atoms with Crippen molar-refractivity contribution in [3.05, 3.63) is 59.0 Å². The normalized spacial score (nSPS) is 17.4. The molecule has 1 fully saturated rings. The van der Waals surface area contributed by atoms with E-state index in [0.29, 0.717) is 15.7 Å². The lowest BCUT2D eigenvalue weighted by atomic mass is 10.2. The van der Waals surface area contributed by atoms with E-state index in [1.54, 1.807) is 13.2 Å². The van der Waals surface area contributed by atoms with E-state index in [-0.39, 0.29) is 11.9 Å². The molecule has 1 saturated heterocycles. The molecule has 25 heavy (non-hydrogen) atoms. The lowest BCUT2D eigenvalue weighted by Gasteiger charge is -2.00. The number of amides is 1. The van der Waals surface area contributed by atoms with Gasteiger partial charge in [-0.3, -0.25) is 4.79 Å². The number of nitrogens with zero attached hydrogens (tertiary/aromatic N) is 2. The number of para-hydroxylation sites is 2. The fraction of sp³-hybridized carbons (Fsp3) is 0.0556. The first-order chi connectivity index (χ1) is 12.2. The summed E-state index contributed by atoms with van der Waals surface area (Å²) in [5, 5.41) is 3.16. The Kier molecular flexibility index (Phi) is 3.99. The van der Waals surface area contributed by atoms with Gasteiger partial charge in [0.15, 0.2) is 10.8 Å². The molecule has 1 amide bonds. The molecule has 3 aromatic rings. The summed E-state index contributed by atoms with van der Waals surface area (Å²) in [7, 11) is 1.61. The average molecular weight is 351 g/mol. The number of oxazole rings is 1. The highest BCUT2D eigenvalue weighted by molar-refractivity contribution is 8.18. The highest BCUT2D eigenvalue weighted by Gasteiger charge is 2.24. The zero-order valence-corrected chi connectivity index (χ0v) is 14.0. The van der Waals surface area contributed by atoms with Gasteiger partial charge in [0.1, 0.15) is 11.3 Å². The van der Waals surface area contributed by atoms with Crippen molar-refractivity contribution >= 4 is 46.0 Å². The van der Waals surface area contributed by atoms with E-state index in [4.69, 9.17) is 9.15 Å². The minimum atomic E-state index is -0.206. The molecule has 7 heteroatoms. The van der Waals surface area contributed by atoms with Crippen LogP contribution in [0.3, 0.4) is 0 Å². The minimum absolute atomic E-state index is 0.206. The Morgan fingerprint density at radius 2 is 2.12 bits per heavy atom. The first-order valence-electron chi connectivity index (χ1n) is 7.50. The van der Waals surface area contributed by atoms with Crippen LogP contribution in [0.2, 0.25) is 0 Å². The molecule has 0 radical (unpaired) electrons. The van der Waals surface area contributed by atoms with Gasteiger partial charge in [-0.2, -0.15) is 9.98 Å². The number of rotatable bonds is 3. The summed E-state index contributed by atoms with van der Waals surface area (Å²) in [5.41, 5.74) is 2.26. The predicted molar refractivity (Wildman–Crippen MR) is 97.8 cm³/mol. The molecule has 0 saturated carbocycles. The monoisotopic (exact) mass is 351 g/mol. The van der Waals surface area contributed by atoms with Gasteiger partial charge in [0.25, 0.3) is 5.91 Å². The number of hydrogen-bond donors (Lipinski definition) is 1. The van der Waals surface area contributed by atoms with Crippen molar-refractivity contribution in [3.63, 3.8) is 0 Å². The van der Waals surface area contributed by atoms with Gasteiger partial charge in [0.2, 0.25) is 0 Å². The average Bonchev–Trinajstić information content (AvgIpc) is 3.18. The van der Waals surface area contributed by atoms with Crippen molar-refractivity contribution in [1.29, 1.82) is 0 Å². The molecule has 4 rings (SSSR count). The SMILES string of the molecule is COc1cccc(/C=C2\S/C(=N/c3nc4ccccc4o3)NC2=O)c1. The standard InChI is InChI=1S/C18H13N3O3S/c1-23-12-6-4-5-11(9-12)10-15-16(22)20-18(25-15)21-17-19-13-7-2-3-8-14(13)24-17/h2-10H,1H3,(H,19,20,21,22)/b15-10-. The molecule has 0 spiro atoms. The molecule has 1 aromatic heterocycles. The van der Waals surface area contributed by atoms with Gasteiger partial charge in [0, 0.05) is 0 Å². The third-order valence-corrected chi connectivity index (χ3v) is 4.43. The number of hydrogen-bond acceptors (Lipinski definition) is 6. The van der Waals surface area contributed by atoms with E-state index < -0.39 is 0 Å². The molecule has 124 valence electrons. The van der Waals surface area contributed by atoms with E-state index in [9.17, 15) is 4.79 Å². The summed E-state index contributed by atoms with van der Waals surface area (Å²) in [6.07, 6.45) is 1.79. The van der Waals surface area contributed by atoms with Crippen molar-refractivity contribution in [2.24, 2.45) is 4.99 Å². The second-order valence-corrected chi connectivity index (χ2v) is 6.25. The maximum atomic E-state index is 12.1. The Morgan fingerprint density at radius 3 is 2.96 bits per heavy atom. The second kappa shape index (κ2) is 6.45. The van der Waals surface area contributed by atoms with E-state index in [0.717, 1.165) is 16.8 Å². The molecular weight excluding hydrogens is 338 g/mol. The number of aliphatic imine (C=N–C) groups is 1. The van der Waals surface area contributed by atoms with Gasteiger partial charge in [-0.05, 0) is 47.7 Å². The minimum Gasteiger partial charge on any atom is -0.497 e. The first kappa shape index (κ1) is 15.5. The van der Waals surface area contributed by atoms with Crippen molar-refractivity contribution < 1.29 is 13.9 Å². The summed E-state index contributed by atoms with van der Waals surface area (Å²) < 4.78 is 10.7. The molecular formula is C18H13N3O3S. The highest BCUT2D eigenvalue weighted by atomic mass is 32.2. The fourth-order valence-electron chi connectivity index (χ4n) is 2.36. The van der Waals surface area contributed by atoms with Crippen LogP contribution in [-0.2, 0) is 4.79 Å². The Hall–Kier alpha value is -3.06. The van der Waals surface area contributed by atoms with Gasteiger partial charge in [0.05, 0.1) is 12.0 Å². The second-order valence-electron chi connectivity index (χ2n) is 5.22. The van der Waals surface area contributed by atoms with Crippen LogP contribution in [0.25, 0.3) is 17.2 Å². The van der Waals surface area contributed by atoms with Crippen LogP contribution in [-0.4, -0.2) is 23.2 Å². The molecule has 0 aliphatic carbocycles. The third-order valence-electron chi connectivity index (χ3n) is 3.52. The number of benzene rings is 2. The lowest BCUT2D eigenvalue weighted by Crippen LogP contribution is -2.19. The van der Waals surface area contributed by atoms with Crippen LogP contribution >= 0.6 is 11.8 Å². The number of thioether (sulfide) groups is 1. The molecule has 2 heterocycles. The van der Waals surface area contributed by atoms with E-state index in [1.807, 2.05) is 48.5 Å². The zero-order valence-electron chi connectivity index (χ0n) is 13.2. The molecule has 1 aliphatic heterocycles. The number of aromatic nitrogens is 1. The van der Waals surface area contributed by atoms with Gasteiger partial charge in [-0.1, -0.05) is 24.3 Å². The van der Waals surface area contributed by atoms with Crippen molar-refractivity contribution in [3.8, 4) is 5.75 Å². The lowest BCUT2D eigenvalue weighted by molar-refractivity contribution is -0.115. The van der Waals surface area contributed by atoms with Crippen molar-refractivity contribution in [2.75, 3.05) is 7.11 Å². The van der Waals surface area contributed by atoms with Gasteiger partial charge < -0.3 is 14.5 Å². The number of amidine groups is 1. The van der Waals surface area contributed by atoms with Crippen LogP contribution in [0.1, 0.15) is 5.56 Å². The fourth-order valence-corrected chi connectivity index (χ4v) is 3.17. The maximum Gasteiger partial charge on any atom is 0.325 e. The molecule has 0 bridgehead atoms. The quantitative estimate of drug-likeness (QED) is 0.728. The van der Waals surface area contributed by atoms with Crippen LogP contribution in [0.5, 0.6) is 5.75 Å². The van der Waals surface area contributed by atoms with Gasteiger partial charge in [-0.25, -0.2) is 0 Å². The Balaban J connectivity index is 1.59. The molecule has 1 aliphatic rings.